The van der Waals surface area contributed by atoms with E-state index in [4.69, 9.17) is 0 Å². The molecule has 2 heteroatoms. The highest BCUT2D eigenvalue weighted by molar-refractivity contribution is 5.43. The highest BCUT2D eigenvalue weighted by Crippen LogP contribution is 2.22. The number of anilines is 1. The van der Waals surface area contributed by atoms with Gasteiger partial charge in [0.05, 0.1) is 0 Å². The standard InChI is InChI=1S/C19H24N2/c1-16-14-21(15-17-8-4-2-5-9-17)13-12-19(16)20-18-10-6-3-7-11-18/h2-11,16,19-20H,12-15H2,1H3. The lowest BCUT2D eigenvalue weighted by molar-refractivity contribution is 0.165. The summed E-state index contributed by atoms with van der Waals surface area (Å²) in [5.74, 6) is 0.669. The summed E-state index contributed by atoms with van der Waals surface area (Å²) in [7, 11) is 0. The Hall–Kier alpha value is -1.80. The van der Waals surface area contributed by atoms with Crippen LogP contribution in [0.25, 0.3) is 0 Å². The molecule has 0 radical (unpaired) electrons. The summed E-state index contributed by atoms with van der Waals surface area (Å²) in [6.45, 7) is 5.77. The van der Waals surface area contributed by atoms with Gasteiger partial charge in [0, 0.05) is 31.4 Å². The Bertz CT molecular complexity index is 538. The van der Waals surface area contributed by atoms with Gasteiger partial charge in [0.25, 0.3) is 0 Å². The van der Waals surface area contributed by atoms with Crippen LogP contribution in [0.5, 0.6) is 0 Å². The molecule has 2 aromatic rings. The zero-order valence-electron chi connectivity index (χ0n) is 12.7. The van der Waals surface area contributed by atoms with Crippen LogP contribution in [0.1, 0.15) is 18.9 Å². The fourth-order valence-electron chi connectivity index (χ4n) is 3.18. The van der Waals surface area contributed by atoms with Crippen molar-refractivity contribution in [2.75, 3.05) is 18.4 Å². The molecule has 1 aliphatic rings. The Morgan fingerprint density at radius 1 is 1.00 bits per heavy atom. The number of nitrogens with zero attached hydrogens (tertiary/aromatic N) is 1. The van der Waals surface area contributed by atoms with Gasteiger partial charge in [0.15, 0.2) is 0 Å². The lowest BCUT2D eigenvalue weighted by atomic mass is 9.93. The van der Waals surface area contributed by atoms with Gasteiger partial charge in [0.2, 0.25) is 0 Å². The summed E-state index contributed by atoms with van der Waals surface area (Å²) in [6.07, 6.45) is 1.21. The first-order valence-electron chi connectivity index (χ1n) is 7.89. The number of likely N-dealkylation sites (tertiary alicyclic amines) is 1. The van der Waals surface area contributed by atoms with E-state index in [1.807, 2.05) is 0 Å². The van der Waals surface area contributed by atoms with Crippen LogP contribution in [0, 0.1) is 5.92 Å². The molecule has 2 unspecified atom stereocenters. The molecule has 0 bridgehead atoms. The lowest BCUT2D eigenvalue weighted by Crippen LogP contribution is -2.44. The Morgan fingerprint density at radius 3 is 2.33 bits per heavy atom. The van der Waals surface area contributed by atoms with E-state index >= 15 is 0 Å². The van der Waals surface area contributed by atoms with E-state index < -0.39 is 0 Å². The molecule has 0 amide bonds. The van der Waals surface area contributed by atoms with Crippen LogP contribution in [-0.4, -0.2) is 24.0 Å². The van der Waals surface area contributed by atoms with Gasteiger partial charge in [-0.05, 0) is 30.0 Å². The number of nitrogens with one attached hydrogen (secondary N) is 1. The predicted molar refractivity (Wildman–Crippen MR) is 89.4 cm³/mol. The number of rotatable bonds is 4. The molecule has 2 aromatic carbocycles. The predicted octanol–water partition coefficient (Wildman–Crippen LogP) is 4.01. The number of para-hydroxylation sites is 1. The van der Waals surface area contributed by atoms with E-state index in [-0.39, 0.29) is 0 Å². The topological polar surface area (TPSA) is 15.3 Å². The molecule has 0 spiro atoms. The van der Waals surface area contributed by atoms with E-state index in [2.05, 4.69) is 77.8 Å². The third kappa shape index (κ3) is 3.85. The molecule has 1 fully saturated rings. The molecular formula is C19H24N2. The molecule has 21 heavy (non-hydrogen) atoms. The second kappa shape index (κ2) is 6.77. The normalized spacial score (nSPS) is 22.9. The average molecular weight is 280 g/mol. The summed E-state index contributed by atoms with van der Waals surface area (Å²) in [5.41, 5.74) is 2.66. The molecule has 2 atom stereocenters. The van der Waals surface area contributed by atoms with Crippen LogP contribution in [0.2, 0.25) is 0 Å². The third-order valence-corrected chi connectivity index (χ3v) is 4.36. The maximum atomic E-state index is 3.69. The molecule has 1 saturated heterocycles. The first-order valence-corrected chi connectivity index (χ1v) is 7.89. The second-order valence-corrected chi connectivity index (χ2v) is 6.10. The van der Waals surface area contributed by atoms with Crippen LogP contribution >= 0.6 is 0 Å². The maximum absolute atomic E-state index is 3.69. The van der Waals surface area contributed by atoms with E-state index in [1.165, 1.54) is 30.8 Å². The molecule has 3 rings (SSSR count). The quantitative estimate of drug-likeness (QED) is 0.910. The second-order valence-electron chi connectivity index (χ2n) is 6.10. The molecule has 1 heterocycles. The highest BCUT2D eigenvalue weighted by atomic mass is 15.1. The number of hydrogen-bond acceptors (Lipinski definition) is 2. The van der Waals surface area contributed by atoms with Crippen molar-refractivity contribution in [2.24, 2.45) is 5.92 Å². The summed E-state index contributed by atoms with van der Waals surface area (Å²) in [4.78, 5) is 2.57. The number of piperidine rings is 1. The minimum Gasteiger partial charge on any atom is -0.382 e. The smallest absolute Gasteiger partial charge is 0.0342 e. The fraction of sp³-hybridized carbons (Fsp3) is 0.368. The van der Waals surface area contributed by atoms with Gasteiger partial charge < -0.3 is 5.32 Å². The Morgan fingerprint density at radius 2 is 1.67 bits per heavy atom. The van der Waals surface area contributed by atoms with Crippen LogP contribution in [0.3, 0.4) is 0 Å². The maximum Gasteiger partial charge on any atom is 0.0342 e. The molecule has 110 valence electrons. The van der Waals surface area contributed by atoms with Gasteiger partial charge in [0.1, 0.15) is 0 Å². The van der Waals surface area contributed by atoms with Crippen molar-refractivity contribution >= 4 is 5.69 Å². The van der Waals surface area contributed by atoms with Gasteiger partial charge in [-0.3, -0.25) is 4.90 Å². The first-order chi connectivity index (χ1) is 10.3. The van der Waals surface area contributed by atoms with Crippen LogP contribution in [0.4, 0.5) is 5.69 Å². The lowest BCUT2D eigenvalue weighted by Gasteiger charge is -2.37. The van der Waals surface area contributed by atoms with Crippen molar-refractivity contribution in [1.82, 2.24) is 4.90 Å². The van der Waals surface area contributed by atoms with E-state index in [9.17, 15) is 0 Å². The zero-order chi connectivity index (χ0) is 14.5. The van der Waals surface area contributed by atoms with Gasteiger partial charge in [-0.15, -0.1) is 0 Å². The largest absolute Gasteiger partial charge is 0.382 e. The number of benzene rings is 2. The Balaban J connectivity index is 1.54. The Kier molecular flexibility index (Phi) is 4.56. The van der Waals surface area contributed by atoms with Crippen molar-refractivity contribution < 1.29 is 0 Å². The first kappa shape index (κ1) is 14.2. The summed E-state index contributed by atoms with van der Waals surface area (Å²) >= 11 is 0. The van der Waals surface area contributed by atoms with Gasteiger partial charge in [-0.25, -0.2) is 0 Å². The highest BCUT2D eigenvalue weighted by Gasteiger charge is 2.25. The van der Waals surface area contributed by atoms with Crippen molar-refractivity contribution in [3.63, 3.8) is 0 Å². The third-order valence-electron chi connectivity index (χ3n) is 4.36. The van der Waals surface area contributed by atoms with Gasteiger partial charge in [-0.1, -0.05) is 55.5 Å². The van der Waals surface area contributed by atoms with Gasteiger partial charge in [-0.2, -0.15) is 0 Å². The molecule has 1 N–H and O–H groups in total. The summed E-state index contributed by atoms with van der Waals surface area (Å²) < 4.78 is 0. The van der Waals surface area contributed by atoms with E-state index in [0.29, 0.717) is 12.0 Å². The van der Waals surface area contributed by atoms with Crippen LogP contribution in [-0.2, 0) is 6.54 Å². The van der Waals surface area contributed by atoms with E-state index in [1.54, 1.807) is 0 Å². The minimum absolute atomic E-state index is 0.583. The molecular weight excluding hydrogens is 256 g/mol. The molecule has 2 nitrogen and oxygen atoms in total. The van der Waals surface area contributed by atoms with Crippen molar-refractivity contribution in [3.05, 3.63) is 66.2 Å². The van der Waals surface area contributed by atoms with Crippen molar-refractivity contribution in [2.45, 2.75) is 25.9 Å². The van der Waals surface area contributed by atoms with Gasteiger partial charge >= 0.3 is 0 Å². The zero-order valence-corrected chi connectivity index (χ0v) is 12.7. The molecule has 0 saturated carbocycles. The average Bonchev–Trinajstić information content (AvgIpc) is 2.52. The van der Waals surface area contributed by atoms with E-state index in [0.717, 1.165) is 6.54 Å². The minimum atomic E-state index is 0.583. The SMILES string of the molecule is CC1CN(Cc2ccccc2)CCC1Nc1ccccc1. The Labute approximate surface area is 127 Å². The van der Waals surface area contributed by atoms with Crippen LogP contribution < -0.4 is 5.32 Å². The molecule has 1 aliphatic heterocycles. The molecule has 0 aliphatic carbocycles. The number of hydrogen-bond donors (Lipinski definition) is 1. The molecule has 0 aromatic heterocycles. The summed E-state index contributed by atoms with van der Waals surface area (Å²) in [6, 6.07) is 21.9. The summed E-state index contributed by atoms with van der Waals surface area (Å²) in [5, 5.41) is 3.69. The van der Waals surface area contributed by atoms with Crippen LogP contribution in [0.15, 0.2) is 60.7 Å². The monoisotopic (exact) mass is 280 g/mol. The van der Waals surface area contributed by atoms with Crippen molar-refractivity contribution in [1.29, 1.82) is 0 Å². The fourth-order valence-corrected chi connectivity index (χ4v) is 3.18. The van der Waals surface area contributed by atoms with Crippen molar-refractivity contribution in [3.8, 4) is 0 Å².